The number of allylic oxidation sites excluding steroid dienone is 1. The molecule has 0 fully saturated rings. The van der Waals surface area contributed by atoms with Crippen LogP contribution < -0.4 is 0 Å². The Kier molecular flexibility index (Phi) is 12.2. The molecule has 0 saturated heterocycles. The van der Waals surface area contributed by atoms with Crippen molar-refractivity contribution in [2.75, 3.05) is 6.61 Å². The molecule has 0 amide bonds. The molecule has 0 saturated carbocycles. The van der Waals surface area contributed by atoms with Gasteiger partial charge in [0.05, 0.1) is 5.60 Å². The number of aliphatic hydroxyl groups excluding tert-OH is 1. The van der Waals surface area contributed by atoms with Gasteiger partial charge in [0.15, 0.2) is 0 Å². The predicted molar refractivity (Wildman–Crippen MR) is 60.0 cm³/mol. The molecule has 0 aromatic rings. The van der Waals surface area contributed by atoms with Crippen molar-refractivity contribution in [1.82, 2.24) is 0 Å². The van der Waals surface area contributed by atoms with Gasteiger partial charge < -0.3 is 9.29 Å². The van der Waals surface area contributed by atoms with E-state index in [0.717, 1.165) is 31.2 Å². The molecule has 0 aliphatic heterocycles. The van der Waals surface area contributed by atoms with Gasteiger partial charge in [-0.25, -0.2) is 0 Å². The van der Waals surface area contributed by atoms with Crippen LogP contribution in [-0.2, 0) is 4.18 Å². The van der Waals surface area contributed by atoms with Crippen LogP contribution in [0.1, 0.15) is 33.1 Å². The summed E-state index contributed by atoms with van der Waals surface area (Å²) in [7, 11) is 1.17. The third-order valence-corrected chi connectivity index (χ3v) is 2.09. The predicted octanol–water partition coefficient (Wildman–Crippen LogP) is 1.96. The van der Waals surface area contributed by atoms with E-state index in [1.165, 1.54) is 7.09 Å². The Hall–Kier alpha value is 1.52. The number of hydrogen-bond acceptors (Lipinski definition) is 3. The molecule has 0 spiro atoms. The van der Waals surface area contributed by atoms with Crippen molar-refractivity contribution in [1.29, 1.82) is 1.34 Å². The van der Waals surface area contributed by atoms with E-state index < -0.39 is 0 Å². The maximum Gasteiger partial charge on any atom is 0.209 e. The van der Waals surface area contributed by atoms with Crippen LogP contribution in [0.25, 0.3) is 0 Å². The van der Waals surface area contributed by atoms with Crippen molar-refractivity contribution >= 4 is 19.0 Å². The minimum Gasteiger partial charge on any atom is -0.396 e. The molecule has 2 radical (unpaired) electrons. The SMILES string of the molecule is [3H][B]SOC(C)(C)/C=C/CCCCO.[Ac]. The molecule has 78 valence electrons. The molecule has 2 nitrogen and oxygen atoms in total. The molecule has 0 aliphatic rings. The fourth-order valence-electron chi connectivity index (χ4n) is 0.893. The summed E-state index contributed by atoms with van der Waals surface area (Å²) in [5.74, 6) is 0. The van der Waals surface area contributed by atoms with E-state index in [-0.39, 0.29) is 56.3 Å². The van der Waals surface area contributed by atoms with Gasteiger partial charge in [-0.05, 0) is 34.4 Å². The van der Waals surface area contributed by atoms with Gasteiger partial charge in [0, 0.05) is 50.7 Å². The first kappa shape index (κ1) is 15.5. The number of unbranched alkanes of at least 4 members (excludes halogenated alkanes) is 2. The topological polar surface area (TPSA) is 29.5 Å². The Balaban J connectivity index is 0. The minimum absolute atomic E-state index is 0. The van der Waals surface area contributed by atoms with Gasteiger partial charge in [-0.1, -0.05) is 24.0 Å². The Morgan fingerprint density at radius 2 is 2.29 bits per heavy atom. The number of hydrogen-bond donors (Lipinski definition) is 1. The summed E-state index contributed by atoms with van der Waals surface area (Å²) in [5, 5.41) is 8.56. The third-order valence-electron chi connectivity index (χ3n) is 1.56. The van der Waals surface area contributed by atoms with Crippen LogP contribution in [0.4, 0.5) is 0 Å². The largest absolute Gasteiger partial charge is 0.396 e. The zero-order chi connectivity index (χ0) is 10.9. The molecule has 0 unspecified atom stereocenters. The molecule has 0 heterocycles. The Labute approximate surface area is 130 Å². The first-order valence-corrected chi connectivity index (χ1v) is 5.26. The van der Waals surface area contributed by atoms with Crippen molar-refractivity contribution in [2.45, 2.75) is 38.7 Å². The Bertz CT molecular complexity index is 170. The third kappa shape index (κ3) is 11.6. The van der Waals surface area contributed by atoms with Gasteiger partial charge in [0.2, 0.25) is 7.09 Å². The summed E-state index contributed by atoms with van der Waals surface area (Å²) in [5.41, 5.74) is -0.332. The summed E-state index contributed by atoms with van der Waals surface area (Å²) in [4.78, 5) is 0. The summed E-state index contributed by atoms with van der Waals surface area (Å²) in [6.45, 7) is 4.16. The Morgan fingerprint density at radius 1 is 1.57 bits per heavy atom. The van der Waals surface area contributed by atoms with Crippen LogP contribution in [0, 0.1) is 44.1 Å². The van der Waals surface area contributed by atoms with Crippen LogP contribution in [0.3, 0.4) is 0 Å². The van der Waals surface area contributed by atoms with E-state index >= 15 is 0 Å². The van der Waals surface area contributed by atoms with Gasteiger partial charge in [-0.3, -0.25) is 0 Å². The molecule has 14 heavy (non-hydrogen) atoms. The van der Waals surface area contributed by atoms with Crippen molar-refractivity contribution in [3.05, 3.63) is 12.2 Å². The van der Waals surface area contributed by atoms with Crippen molar-refractivity contribution in [3.63, 3.8) is 0 Å². The smallest absolute Gasteiger partial charge is 0.209 e. The minimum atomic E-state index is -0.332. The van der Waals surface area contributed by atoms with Crippen molar-refractivity contribution in [3.8, 4) is 0 Å². The average Bonchev–Trinajstić information content (AvgIpc) is 2.15. The molecule has 0 aromatic heterocycles. The van der Waals surface area contributed by atoms with Crippen LogP contribution in [0.15, 0.2) is 12.2 Å². The van der Waals surface area contributed by atoms with Crippen LogP contribution >= 0.6 is 11.9 Å². The standard InChI is InChI=1S/C9H18BO2S.Ac/c1-9(2,12-13-10)7-5-3-4-6-8-11;/h5,7,10-11H,3-4,6,8H2,1-2H3;/b7-5+;/i10T;. The number of rotatable bonds is 8. The normalized spacial score (nSPS) is 12.4. The summed E-state index contributed by atoms with van der Waals surface area (Å²) < 4.78 is 12.1. The zero-order valence-electron chi connectivity index (χ0n) is 9.90. The molecular weight excluding hydrogens is 410 g/mol. The fraction of sp³-hybridized carbons (Fsp3) is 0.778. The van der Waals surface area contributed by atoms with Crippen LogP contribution in [-0.4, -0.2) is 25.7 Å². The molecule has 0 aliphatic carbocycles. The Morgan fingerprint density at radius 3 is 2.86 bits per heavy atom. The van der Waals surface area contributed by atoms with Gasteiger partial charge in [-0.15, -0.1) is 0 Å². The molecule has 1 N–H and O–H groups in total. The van der Waals surface area contributed by atoms with E-state index in [2.05, 4.69) is 6.08 Å². The van der Waals surface area contributed by atoms with Crippen molar-refractivity contribution < 1.29 is 53.4 Å². The van der Waals surface area contributed by atoms with Gasteiger partial charge >= 0.3 is 0 Å². The number of aliphatic hydroxyl groups is 1. The van der Waals surface area contributed by atoms with Gasteiger partial charge in [0.1, 0.15) is 0 Å². The first-order chi connectivity index (χ1) is 6.62. The molecule has 5 heteroatoms. The van der Waals surface area contributed by atoms with E-state index in [0.29, 0.717) is 0 Å². The molecule has 0 rings (SSSR count). The second-order valence-electron chi connectivity index (χ2n) is 3.40. The molecule has 0 bridgehead atoms. The van der Waals surface area contributed by atoms with Gasteiger partial charge in [0.25, 0.3) is 0 Å². The van der Waals surface area contributed by atoms with E-state index in [1.54, 1.807) is 0 Å². The first-order valence-electron chi connectivity index (χ1n) is 5.03. The second-order valence-corrected chi connectivity index (χ2v) is 3.76. The zero-order valence-corrected chi connectivity index (χ0v) is 14.5. The van der Waals surface area contributed by atoms with E-state index in [4.69, 9.17) is 10.6 Å². The summed E-state index contributed by atoms with van der Waals surface area (Å²) in [6.07, 6.45) is 6.85. The molecule has 0 aromatic carbocycles. The fourth-order valence-corrected chi connectivity index (χ4v) is 1.20. The maximum absolute atomic E-state index is 8.56. The monoisotopic (exact) mass is 430 g/mol. The maximum atomic E-state index is 8.56. The second kappa shape index (κ2) is 11.0. The van der Waals surface area contributed by atoms with Gasteiger partial charge in [-0.2, -0.15) is 0 Å². The van der Waals surface area contributed by atoms with Crippen molar-refractivity contribution in [2.24, 2.45) is 0 Å². The van der Waals surface area contributed by atoms with Crippen LogP contribution in [0.5, 0.6) is 0 Å². The average molecular weight is 430 g/mol. The summed E-state index contributed by atoms with van der Waals surface area (Å²) in [6, 6.07) is 0. The molecule has 0 atom stereocenters. The van der Waals surface area contributed by atoms with E-state index in [9.17, 15) is 0 Å². The molecular formula is C9H18AcBO2S. The van der Waals surface area contributed by atoms with Crippen LogP contribution in [0.2, 0.25) is 0 Å². The van der Waals surface area contributed by atoms with E-state index in [1.807, 2.05) is 19.9 Å². The summed E-state index contributed by atoms with van der Waals surface area (Å²) >= 11 is 1.03. The quantitative estimate of drug-likeness (QED) is 0.277.